The SMILES string of the molecule is CC1CCCN(CC(O)COc2ccccc2Cl)C1.Cl. The normalized spacial score (nSPS) is 21.1. The molecular weight excluding hydrogens is 297 g/mol. The standard InChI is InChI=1S/C15H22ClNO2.ClH/c1-12-5-4-8-17(9-12)10-13(18)11-19-15-7-3-2-6-14(15)16;/h2-3,6-7,12-13,18H,4-5,8-11H2,1H3;1H. The summed E-state index contributed by atoms with van der Waals surface area (Å²) in [5.74, 6) is 1.36. The van der Waals surface area contributed by atoms with E-state index in [1.54, 1.807) is 6.07 Å². The van der Waals surface area contributed by atoms with Crippen molar-refractivity contribution >= 4 is 24.0 Å². The number of para-hydroxylation sites is 1. The zero-order valence-electron chi connectivity index (χ0n) is 11.8. The van der Waals surface area contributed by atoms with Crippen molar-refractivity contribution in [1.29, 1.82) is 0 Å². The number of β-amino-alcohol motifs (C(OH)–C–C–N with tert-alkyl or cyclic N) is 1. The molecule has 20 heavy (non-hydrogen) atoms. The predicted molar refractivity (Wildman–Crippen MR) is 85.0 cm³/mol. The van der Waals surface area contributed by atoms with Crippen molar-refractivity contribution in [1.82, 2.24) is 4.90 Å². The lowest BCUT2D eigenvalue weighted by Gasteiger charge is -2.32. The molecule has 1 aromatic rings. The third kappa shape index (κ3) is 5.49. The molecule has 1 fully saturated rings. The number of nitrogens with zero attached hydrogens (tertiary/aromatic N) is 1. The minimum atomic E-state index is -0.471. The van der Waals surface area contributed by atoms with Crippen LogP contribution in [-0.2, 0) is 0 Å². The summed E-state index contributed by atoms with van der Waals surface area (Å²) in [4.78, 5) is 2.31. The molecule has 2 unspecified atom stereocenters. The molecule has 0 amide bonds. The number of benzene rings is 1. The Balaban J connectivity index is 0.00000200. The third-order valence-corrected chi connectivity index (χ3v) is 3.79. The third-order valence-electron chi connectivity index (χ3n) is 3.48. The zero-order valence-corrected chi connectivity index (χ0v) is 13.4. The fourth-order valence-corrected chi connectivity index (χ4v) is 2.74. The highest BCUT2D eigenvalue weighted by Gasteiger charge is 2.19. The second-order valence-electron chi connectivity index (χ2n) is 5.40. The molecule has 2 rings (SSSR count). The van der Waals surface area contributed by atoms with Crippen molar-refractivity contribution in [3.63, 3.8) is 0 Å². The summed E-state index contributed by atoms with van der Waals surface area (Å²) in [6, 6.07) is 7.34. The average Bonchev–Trinajstić information content (AvgIpc) is 2.38. The first kappa shape index (κ1) is 17.6. The monoisotopic (exact) mass is 319 g/mol. The second-order valence-corrected chi connectivity index (χ2v) is 5.81. The van der Waals surface area contributed by atoms with Crippen LogP contribution < -0.4 is 4.74 Å². The number of hydrogen-bond donors (Lipinski definition) is 1. The molecule has 1 saturated heterocycles. The van der Waals surface area contributed by atoms with Crippen LogP contribution in [0.2, 0.25) is 5.02 Å². The minimum Gasteiger partial charge on any atom is -0.489 e. The maximum Gasteiger partial charge on any atom is 0.138 e. The van der Waals surface area contributed by atoms with Gasteiger partial charge in [-0.25, -0.2) is 0 Å². The van der Waals surface area contributed by atoms with Crippen molar-refractivity contribution in [2.24, 2.45) is 5.92 Å². The van der Waals surface area contributed by atoms with Crippen LogP contribution in [0.5, 0.6) is 5.75 Å². The maximum atomic E-state index is 10.0. The van der Waals surface area contributed by atoms with E-state index in [-0.39, 0.29) is 19.0 Å². The highest BCUT2D eigenvalue weighted by atomic mass is 35.5. The summed E-state index contributed by atoms with van der Waals surface area (Å²) >= 11 is 6.00. The highest BCUT2D eigenvalue weighted by Crippen LogP contribution is 2.23. The maximum absolute atomic E-state index is 10.0. The van der Waals surface area contributed by atoms with Crippen molar-refractivity contribution in [3.05, 3.63) is 29.3 Å². The van der Waals surface area contributed by atoms with Gasteiger partial charge in [0.15, 0.2) is 0 Å². The van der Waals surface area contributed by atoms with Gasteiger partial charge in [0.25, 0.3) is 0 Å². The van der Waals surface area contributed by atoms with Gasteiger partial charge in [-0.2, -0.15) is 0 Å². The summed E-state index contributed by atoms with van der Waals surface area (Å²) in [6.07, 6.45) is 2.05. The van der Waals surface area contributed by atoms with E-state index in [0.717, 1.165) is 19.0 Å². The van der Waals surface area contributed by atoms with E-state index in [1.165, 1.54) is 12.8 Å². The summed E-state index contributed by atoms with van der Waals surface area (Å²) in [5, 5.41) is 10.6. The Morgan fingerprint density at radius 3 is 2.90 bits per heavy atom. The van der Waals surface area contributed by atoms with E-state index in [0.29, 0.717) is 17.3 Å². The molecule has 1 aliphatic heterocycles. The summed E-state index contributed by atoms with van der Waals surface area (Å²) in [5.41, 5.74) is 0. The van der Waals surface area contributed by atoms with Crippen LogP contribution in [-0.4, -0.2) is 42.4 Å². The van der Waals surface area contributed by atoms with Crippen LogP contribution in [0.4, 0.5) is 0 Å². The number of halogens is 2. The quantitative estimate of drug-likeness (QED) is 0.904. The Bertz CT molecular complexity index is 403. The predicted octanol–water partition coefficient (Wildman–Crippen LogP) is 3.23. The number of aliphatic hydroxyl groups is 1. The van der Waals surface area contributed by atoms with E-state index < -0.39 is 6.10 Å². The first-order valence-electron chi connectivity index (χ1n) is 6.93. The average molecular weight is 320 g/mol. The first-order chi connectivity index (χ1) is 9.15. The van der Waals surface area contributed by atoms with Gasteiger partial charge in [-0.15, -0.1) is 12.4 Å². The topological polar surface area (TPSA) is 32.7 Å². The Kier molecular flexibility index (Phi) is 7.67. The molecule has 0 aliphatic carbocycles. The molecule has 2 atom stereocenters. The Labute approximate surface area is 132 Å². The highest BCUT2D eigenvalue weighted by molar-refractivity contribution is 6.32. The van der Waals surface area contributed by atoms with Crippen LogP contribution >= 0.6 is 24.0 Å². The molecule has 0 bridgehead atoms. The van der Waals surface area contributed by atoms with Crippen LogP contribution in [0, 0.1) is 5.92 Å². The number of piperidine rings is 1. The molecule has 5 heteroatoms. The lowest BCUT2D eigenvalue weighted by Crippen LogP contribution is -2.41. The molecule has 0 spiro atoms. The number of likely N-dealkylation sites (tertiary alicyclic amines) is 1. The number of hydrogen-bond acceptors (Lipinski definition) is 3. The fourth-order valence-electron chi connectivity index (χ4n) is 2.55. The Morgan fingerprint density at radius 2 is 2.20 bits per heavy atom. The van der Waals surface area contributed by atoms with Crippen LogP contribution in [0.1, 0.15) is 19.8 Å². The van der Waals surface area contributed by atoms with Gasteiger partial charge in [-0.3, -0.25) is 0 Å². The van der Waals surface area contributed by atoms with Crippen molar-refractivity contribution < 1.29 is 9.84 Å². The fraction of sp³-hybridized carbons (Fsp3) is 0.600. The molecule has 1 aromatic carbocycles. The smallest absolute Gasteiger partial charge is 0.138 e. The Morgan fingerprint density at radius 1 is 1.45 bits per heavy atom. The number of rotatable bonds is 5. The van der Waals surface area contributed by atoms with Gasteiger partial charge >= 0.3 is 0 Å². The van der Waals surface area contributed by atoms with E-state index in [2.05, 4.69) is 11.8 Å². The first-order valence-corrected chi connectivity index (χ1v) is 7.30. The zero-order chi connectivity index (χ0) is 13.7. The molecule has 1 heterocycles. The van der Waals surface area contributed by atoms with Crippen molar-refractivity contribution in [2.75, 3.05) is 26.2 Å². The molecule has 0 aromatic heterocycles. The lowest BCUT2D eigenvalue weighted by atomic mass is 10.0. The molecule has 1 N–H and O–H groups in total. The van der Waals surface area contributed by atoms with E-state index >= 15 is 0 Å². The summed E-state index contributed by atoms with van der Waals surface area (Å²) in [6.45, 7) is 5.37. The summed E-state index contributed by atoms with van der Waals surface area (Å²) in [7, 11) is 0. The lowest BCUT2D eigenvalue weighted by molar-refractivity contribution is 0.0537. The van der Waals surface area contributed by atoms with Gasteiger partial charge < -0.3 is 14.7 Å². The molecular formula is C15H23Cl2NO2. The molecule has 0 saturated carbocycles. The van der Waals surface area contributed by atoms with E-state index in [4.69, 9.17) is 16.3 Å². The van der Waals surface area contributed by atoms with Gasteiger partial charge in [0, 0.05) is 13.1 Å². The molecule has 1 aliphatic rings. The van der Waals surface area contributed by atoms with Crippen LogP contribution in [0.3, 0.4) is 0 Å². The number of aliphatic hydroxyl groups excluding tert-OH is 1. The number of ether oxygens (including phenoxy) is 1. The molecule has 0 radical (unpaired) electrons. The van der Waals surface area contributed by atoms with Crippen LogP contribution in [0.25, 0.3) is 0 Å². The Hall–Kier alpha value is -0.480. The minimum absolute atomic E-state index is 0. The molecule has 114 valence electrons. The molecule has 3 nitrogen and oxygen atoms in total. The van der Waals surface area contributed by atoms with Crippen molar-refractivity contribution in [3.8, 4) is 5.75 Å². The largest absolute Gasteiger partial charge is 0.489 e. The van der Waals surface area contributed by atoms with Gasteiger partial charge in [0.1, 0.15) is 18.5 Å². The van der Waals surface area contributed by atoms with E-state index in [1.807, 2.05) is 18.2 Å². The van der Waals surface area contributed by atoms with Gasteiger partial charge in [-0.05, 0) is 37.4 Å². The van der Waals surface area contributed by atoms with Gasteiger partial charge in [0.05, 0.1) is 5.02 Å². The van der Waals surface area contributed by atoms with E-state index in [9.17, 15) is 5.11 Å². The van der Waals surface area contributed by atoms with Gasteiger partial charge in [0.2, 0.25) is 0 Å². The second kappa shape index (κ2) is 8.73. The summed E-state index contributed by atoms with van der Waals surface area (Å²) < 4.78 is 5.56. The van der Waals surface area contributed by atoms with Crippen molar-refractivity contribution in [2.45, 2.75) is 25.9 Å². The van der Waals surface area contributed by atoms with Gasteiger partial charge in [-0.1, -0.05) is 30.7 Å². The van der Waals surface area contributed by atoms with Crippen LogP contribution in [0.15, 0.2) is 24.3 Å².